The maximum absolute atomic E-state index is 14.2. The van der Waals surface area contributed by atoms with Gasteiger partial charge in [0.1, 0.15) is 28.9 Å². The minimum absolute atomic E-state index is 0.0145. The standard InChI is InChI=1S/C14H10ClF3N6/c1-23(2)6-20-13-11(10-8(17)3-7(16)4-9(10)18)12(15)22-14-19-5-21-24(13)14/h3-6H,1-2H3/b20-6+. The fraction of sp³-hybridized carbons (Fsp3) is 0.143. The van der Waals surface area contributed by atoms with E-state index >= 15 is 0 Å². The van der Waals surface area contributed by atoms with Gasteiger partial charge in [-0.2, -0.15) is 19.6 Å². The van der Waals surface area contributed by atoms with Gasteiger partial charge >= 0.3 is 0 Å². The summed E-state index contributed by atoms with van der Waals surface area (Å²) in [5, 5.41) is 3.70. The zero-order valence-electron chi connectivity index (χ0n) is 12.5. The van der Waals surface area contributed by atoms with E-state index in [4.69, 9.17) is 11.6 Å². The SMILES string of the molecule is CN(C)/C=N/c1c(-c2c(F)cc(F)cc2F)c(Cl)nc2ncnn12. The predicted molar refractivity (Wildman–Crippen MR) is 82.9 cm³/mol. The van der Waals surface area contributed by atoms with Crippen molar-refractivity contribution in [3.8, 4) is 11.1 Å². The molecule has 0 fully saturated rings. The first kappa shape index (κ1) is 16.2. The Morgan fingerprint density at radius 2 is 1.83 bits per heavy atom. The molecule has 0 aliphatic heterocycles. The third-order valence-corrected chi connectivity index (χ3v) is 3.30. The van der Waals surface area contributed by atoms with Gasteiger partial charge in [0.2, 0.25) is 0 Å². The fourth-order valence-electron chi connectivity index (χ4n) is 2.09. The highest BCUT2D eigenvalue weighted by molar-refractivity contribution is 6.32. The van der Waals surface area contributed by atoms with Crippen LogP contribution in [0.3, 0.4) is 0 Å². The highest BCUT2D eigenvalue weighted by Gasteiger charge is 2.23. The molecule has 3 aromatic rings. The van der Waals surface area contributed by atoms with Crippen LogP contribution in [0.2, 0.25) is 5.15 Å². The lowest BCUT2D eigenvalue weighted by atomic mass is 10.1. The van der Waals surface area contributed by atoms with E-state index in [1.807, 2.05) is 0 Å². The van der Waals surface area contributed by atoms with Crippen LogP contribution in [0.4, 0.5) is 19.0 Å². The van der Waals surface area contributed by atoms with Crippen LogP contribution < -0.4 is 0 Å². The molecular formula is C14H10ClF3N6. The number of hydrogen-bond acceptors (Lipinski definition) is 4. The van der Waals surface area contributed by atoms with Gasteiger partial charge in [0.05, 0.1) is 17.5 Å². The summed E-state index contributed by atoms with van der Waals surface area (Å²) in [6.07, 6.45) is 2.60. The van der Waals surface area contributed by atoms with Crippen molar-refractivity contribution in [3.05, 3.63) is 41.1 Å². The minimum atomic E-state index is -1.13. The summed E-state index contributed by atoms with van der Waals surface area (Å²) in [5.74, 6) is -3.18. The molecule has 124 valence electrons. The van der Waals surface area contributed by atoms with Crippen LogP contribution in [0.25, 0.3) is 16.9 Å². The summed E-state index contributed by atoms with van der Waals surface area (Å²) in [6, 6.07) is 1.11. The molecule has 0 aliphatic carbocycles. The molecule has 0 unspecified atom stereocenters. The molecule has 0 atom stereocenters. The zero-order valence-corrected chi connectivity index (χ0v) is 13.3. The molecule has 0 amide bonds. The van der Waals surface area contributed by atoms with Crippen molar-refractivity contribution < 1.29 is 13.2 Å². The van der Waals surface area contributed by atoms with E-state index in [0.29, 0.717) is 12.1 Å². The molecule has 0 radical (unpaired) electrons. The van der Waals surface area contributed by atoms with Gasteiger partial charge in [-0.05, 0) is 0 Å². The second-order valence-electron chi connectivity index (χ2n) is 5.03. The Morgan fingerprint density at radius 1 is 1.17 bits per heavy atom. The van der Waals surface area contributed by atoms with Crippen LogP contribution in [0.5, 0.6) is 0 Å². The van der Waals surface area contributed by atoms with Crippen molar-refractivity contribution in [3.63, 3.8) is 0 Å². The smallest absolute Gasteiger partial charge is 0.255 e. The third-order valence-electron chi connectivity index (χ3n) is 3.03. The lowest BCUT2D eigenvalue weighted by Crippen LogP contribution is -2.08. The minimum Gasteiger partial charge on any atom is -0.369 e. The number of rotatable bonds is 3. The number of aliphatic imine (C=N–C) groups is 1. The van der Waals surface area contributed by atoms with E-state index in [-0.39, 0.29) is 22.3 Å². The molecule has 0 spiro atoms. The molecule has 2 heterocycles. The molecule has 24 heavy (non-hydrogen) atoms. The summed E-state index contributed by atoms with van der Waals surface area (Å²) < 4.78 is 42.8. The van der Waals surface area contributed by atoms with E-state index in [9.17, 15) is 13.2 Å². The van der Waals surface area contributed by atoms with Crippen molar-refractivity contribution in [1.29, 1.82) is 0 Å². The lowest BCUT2D eigenvalue weighted by Gasteiger charge is -2.12. The van der Waals surface area contributed by atoms with E-state index in [1.54, 1.807) is 19.0 Å². The average molecular weight is 355 g/mol. The number of hydrogen-bond donors (Lipinski definition) is 0. The van der Waals surface area contributed by atoms with Gasteiger partial charge in [-0.3, -0.25) is 0 Å². The highest BCUT2D eigenvalue weighted by atomic mass is 35.5. The summed E-state index contributed by atoms with van der Waals surface area (Å²) in [7, 11) is 3.42. The quantitative estimate of drug-likeness (QED) is 0.412. The molecule has 0 saturated heterocycles. The first-order valence-electron chi connectivity index (χ1n) is 6.63. The number of halogens is 4. The van der Waals surface area contributed by atoms with E-state index in [0.717, 1.165) is 0 Å². The second kappa shape index (κ2) is 6.08. The first-order valence-corrected chi connectivity index (χ1v) is 7.01. The largest absolute Gasteiger partial charge is 0.369 e. The normalized spacial score (nSPS) is 11.6. The fourth-order valence-corrected chi connectivity index (χ4v) is 2.34. The molecule has 0 aliphatic rings. The molecule has 0 bridgehead atoms. The van der Waals surface area contributed by atoms with Gasteiger partial charge in [0, 0.05) is 26.2 Å². The molecule has 3 rings (SSSR count). The van der Waals surface area contributed by atoms with Crippen LogP contribution >= 0.6 is 11.6 Å². The van der Waals surface area contributed by atoms with Crippen LogP contribution in [0, 0.1) is 17.5 Å². The average Bonchev–Trinajstić information content (AvgIpc) is 2.93. The molecule has 0 saturated carbocycles. The predicted octanol–water partition coefficient (Wildman–Crippen LogP) is 3.08. The van der Waals surface area contributed by atoms with Gasteiger partial charge < -0.3 is 4.90 Å². The molecule has 0 N–H and O–H groups in total. The summed E-state index contributed by atoms with van der Waals surface area (Å²) in [5.41, 5.74) is -0.694. The Kier molecular flexibility index (Phi) is 4.10. The molecule has 2 aromatic heterocycles. The van der Waals surface area contributed by atoms with E-state index in [1.165, 1.54) is 17.2 Å². The van der Waals surface area contributed by atoms with Crippen LogP contribution in [-0.2, 0) is 0 Å². The summed E-state index contributed by atoms with van der Waals surface area (Å²) >= 11 is 6.09. The van der Waals surface area contributed by atoms with Gasteiger partial charge in [-0.1, -0.05) is 11.6 Å². The number of aromatic nitrogens is 4. The third kappa shape index (κ3) is 2.78. The summed E-state index contributed by atoms with van der Waals surface area (Å²) in [6.45, 7) is 0. The highest BCUT2D eigenvalue weighted by Crippen LogP contribution is 2.38. The van der Waals surface area contributed by atoms with Crippen molar-refractivity contribution in [2.45, 2.75) is 0 Å². The Morgan fingerprint density at radius 3 is 2.46 bits per heavy atom. The maximum Gasteiger partial charge on any atom is 0.255 e. The molecular weight excluding hydrogens is 345 g/mol. The van der Waals surface area contributed by atoms with Crippen molar-refractivity contribution >= 4 is 29.5 Å². The Balaban J connectivity index is 2.39. The van der Waals surface area contributed by atoms with Crippen LogP contribution in [-0.4, -0.2) is 44.9 Å². The topological polar surface area (TPSA) is 58.7 Å². The van der Waals surface area contributed by atoms with Gasteiger partial charge in [-0.15, -0.1) is 0 Å². The van der Waals surface area contributed by atoms with Crippen molar-refractivity contribution in [2.75, 3.05) is 14.1 Å². The maximum atomic E-state index is 14.2. The first-order chi connectivity index (χ1) is 11.4. The summed E-state index contributed by atoms with van der Waals surface area (Å²) in [4.78, 5) is 13.6. The zero-order chi connectivity index (χ0) is 17.4. The lowest BCUT2D eigenvalue weighted by molar-refractivity contribution is 0.548. The van der Waals surface area contributed by atoms with Gasteiger partial charge in [0.15, 0.2) is 5.82 Å². The molecule has 1 aromatic carbocycles. The monoisotopic (exact) mass is 354 g/mol. The Labute approximate surface area is 139 Å². The second-order valence-corrected chi connectivity index (χ2v) is 5.38. The van der Waals surface area contributed by atoms with Crippen molar-refractivity contribution in [1.82, 2.24) is 24.5 Å². The Bertz CT molecular complexity index is 930. The van der Waals surface area contributed by atoms with Gasteiger partial charge in [0.25, 0.3) is 5.78 Å². The number of fused-ring (bicyclic) bond motifs is 1. The van der Waals surface area contributed by atoms with E-state index in [2.05, 4.69) is 20.1 Å². The van der Waals surface area contributed by atoms with Gasteiger partial charge in [-0.25, -0.2) is 18.2 Å². The molecule has 10 heteroatoms. The molecule has 6 nitrogen and oxygen atoms in total. The number of benzene rings is 1. The van der Waals surface area contributed by atoms with Crippen molar-refractivity contribution in [2.24, 2.45) is 4.99 Å². The van der Waals surface area contributed by atoms with E-state index < -0.39 is 23.0 Å². The Hall–Kier alpha value is -2.68. The van der Waals surface area contributed by atoms with Crippen LogP contribution in [0.1, 0.15) is 0 Å². The van der Waals surface area contributed by atoms with Crippen LogP contribution in [0.15, 0.2) is 23.5 Å². The number of nitrogens with zero attached hydrogens (tertiary/aromatic N) is 6.